The van der Waals surface area contributed by atoms with Gasteiger partial charge in [-0.05, 0) is 18.9 Å². The lowest BCUT2D eigenvalue weighted by atomic mass is 10.1. The van der Waals surface area contributed by atoms with E-state index in [-0.39, 0.29) is 4.70 Å². The highest BCUT2D eigenvalue weighted by atomic mass is 19.0. The number of nitrogens with zero attached hydrogens (tertiary/aromatic N) is 1. The summed E-state index contributed by atoms with van der Waals surface area (Å²) in [6.45, 7) is 5.64. The summed E-state index contributed by atoms with van der Waals surface area (Å²) in [5.74, 6) is 0. The Morgan fingerprint density at radius 1 is 1.13 bits per heavy atom. The summed E-state index contributed by atoms with van der Waals surface area (Å²) in [5.41, 5.74) is 1.48. The van der Waals surface area contributed by atoms with E-state index >= 15 is 0 Å². The third-order valence-corrected chi connectivity index (χ3v) is 2.51. The molecule has 0 saturated carbocycles. The van der Waals surface area contributed by atoms with Crippen molar-refractivity contribution in [1.29, 1.82) is 0 Å². The van der Waals surface area contributed by atoms with Crippen LogP contribution < -0.4 is 9.27 Å². The molecule has 0 unspecified atom stereocenters. The first-order valence-corrected chi connectivity index (χ1v) is 5.84. The van der Waals surface area contributed by atoms with E-state index in [1.54, 1.807) is 0 Å². The molecule has 0 aromatic carbocycles. The van der Waals surface area contributed by atoms with E-state index in [0.717, 1.165) is 6.54 Å². The fraction of sp³-hybridized carbons (Fsp3) is 0.615. The average molecular weight is 211 g/mol. The van der Waals surface area contributed by atoms with Gasteiger partial charge in [0.25, 0.3) is 0 Å². The van der Waals surface area contributed by atoms with Gasteiger partial charge in [-0.25, -0.2) is 4.57 Å². The Kier molecular flexibility index (Phi) is 7.88. The van der Waals surface area contributed by atoms with Crippen molar-refractivity contribution in [1.82, 2.24) is 0 Å². The van der Waals surface area contributed by atoms with Crippen LogP contribution in [-0.4, -0.2) is 0 Å². The van der Waals surface area contributed by atoms with Crippen LogP contribution in [-0.2, 0) is 13.0 Å². The number of rotatable bonds is 6. The molecule has 0 N–H and O–H groups in total. The Morgan fingerprint density at radius 3 is 2.53 bits per heavy atom. The van der Waals surface area contributed by atoms with Crippen molar-refractivity contribution < 1.29 is 9.27 Å². The summed E-state index contributed by atoms with van der Waals surface area (Å²) in [4.78, 5) is 0. The van der Waals surface area contributed by atoms with E-state index in [1.165, 1.54) is 37.7 Å². The van der Waals surface area contributed by atoms with E-state index in [4.69, 9.17) is 0 Å². The van der Waals surface area contributed by atoms with Gasteiger partial charge in [0.1, 0.15) is 6.54 Å². The Morgan fingerprint density at radius 2 is 1.87 bits per heavy atom. The molecule has 0 saturated heterocycles. The van der Waals surface area contributed by atoms with E-state index < -0.39 is 0 Å². The lowest BCUT2D eigenvalue weighted by molar-refractivity contribution is -0.697. The predicted octanol–water partition coefficient (Wildman–Crippen LogP) is 0.121. The molecule has 0 fully saturated rings. The third kappa shape index (κ3) is 5.50. The molecule has 86 valence electrons. The molecule has 1 rings (SSSR count). The van der Waals surface area contributed by atoms with Gasteiger partial charge in [-0.3, -0.25) is 0 Å². The first kappa shape index (κ1) is 14.1. The zero-order valence-corrected chi connectivity index (χ0v) is 9.88. The Bertz CT molecular complexity index is 237. The molecule has 0 aliphatic heterocycles. The van der Waals surface area contributed by atoms with Crippen molar-refractivity contribution in [2.45, 2.75) is 52.5 Å². The average Bonchev–Trinajstić information content (AvgIpc) is 2.24. The van der Waals surface area contributed by atoms with Crippen LogP contribution in [0.2, 0.25) is 0 Å². The highest BCUT2D eigenvalue weighted by molar-refractivity contribution is 5.05. The fourth-order valence-corrected chi connectivity index (χ4v) is 1.58. The molecule has 1 aromatic rings. The van der Waals surface area contributed by atoms with Crippen molar-refractivity contribution in [2.24, 2.45) is 0 Å². The van der Waals surface area contributed by atoms with Crippen LogP contribution in [0.3, 0.4) is 0 Å². The first-order valence-electron chi connectivity index (χ1n) is 5.84. The molecule has 0 spiro atoms. The molecule has 15 heavy (non-hydrogen) atoms. The maximum atomic E-state index is 2.31. The van der Waals surface area contributed by atoms with Crippen molar-refractivity contribution in [3.05, 3.63) is 30.1 Å². The molecule has 0 aliphatic carbocycles. The molecule has 0 radical (unpaired) electrons. The second-order valence-electron chi connectivity index (χ2n) is 3.91. The van der Waals surface area contributed by atoms with E-state index in [9.17, 15) is 0 Å². The van der Waals surface area contributed by atoms with Crippen LogP contribution in [0.15, 0.2) is 24.5 Å². The fourth-order valence-electron chi connectivity index (χ4n) is 1.58. The maximum Gasteiger partial charge on any atom is 0.171 e. The minimum atomic E-state index is 0. The number of hydrogen-bond acceptors (Lipinski definition) is 0. The summed E-state index contributed by atoms with van der Waals surface area (Å²) in [5, 5.41) is 0. The normalized spacial score (nSPS) is 9.73. The Hall–Kier alpha value is -0.920. The van der Waals surface area contributed by atoms with Gasteiger partial charge in [-0.15, -0.1) is 0 Å². The van der Waals surface area contributed by atoms with Gasteiger partial charge < -0.3 is 4.70 Å². The summed E-state index contributed by atoms with van der Waals surface area (Å²) in [6, 6.07) is 4.40. The standard InChI is InChI=1S/C13H22N.FH/c1-3-5-8-13-9-7-11-14(12-13)10-6-4-2;/h7,9,11-12H,3-6,8,10H2,1-2H3;1H/q+1;/p-1. The molecular weight excluding hydrogens is 189 g/mol. The maximum absolute atomic E-state index is 2.31. The molecule has 0 bridgehead atoms. The SMILES string of the molecule is CCCCc1ccc[n+](CCCC)c1.[F-]. The Balaban J connectivity index is 0.00000196. The van der Waals surface area contributed by atoms with Gasteiger partial charge in [0.2, 0.25) is 0 Å². The van der Waals surface area contributed by atoms with Gasteiger partial charge in [-0.2, -0.15) is 0 Å². The van der Waals surface area contributed by atoms with Crippen molar-refractivity contribution in [3.8, 4) is 0 Å². The van der Waals surface area contributed by atoms with Crippen molar-refractivity contribution in [2.75, 3.05) is 0 Å². The number of halogens is 1. The summed E-state index contributed by atoms with van der Waals surface area (Å²) in [6.07, 6.45) is 10.8. The number of aromatic nitrogens is 1. The zero-order valence-electron chi connectivity index (χ0n) is 9.88. The van der Waals surface area contributed by atoms with Crippen molar-refractivity contribution >= 4 is 0 Å². The highest BCUT2D eigenvalue weighted by Crippen LogP contribution is 2.01. The van der Waals surface area contributed by atoms with Crippen LogP contribution in [0.25, 0.3) is 0 Å². The van der Waals surface area contributed by atoms with Gasteiger partial charge in [-0.1, -0.05) is 26.7 Å². The molecule has 1 heterocycles. The van der Waals surface area contributed by atoms with Gasteiger partial charge in [0.05, 0.1) is 0 Å². The van der Waals surface area contributed by atoms with E-state index in [0.29, 0.717) is 0 Å². The van der Waals surface area contributed by atoms with Crippen LogP contribution in [0.1, 0.15) is 45.1 Å². The van der Waals surface area contributed by atoms with Crippen molar-refractivity contribution in [3.63, 3.8) is 0 Å². The number of aryl methyl sites for hydroxylation is 2. The van der Waals surface area contributed by atoms with E-state index in [1.807, 2.05) is 0 Å². The minimum Gasteiger partial charge on any atom is -1.00 e. The monoisotopic (exact) mass is 211 g/mol. The van der Waals surface area contributed by atoms with Gasteiger partial charge in [0, 0.05) is 18.1 Å². The Labute approximate surface area is 92.5 Å². The largest absolute Gasteiger partial charge is 1.00 e. The summed E-state index contributed by atoms with van der Waals surface area (Å²) in [7, 11) is 0. The highest BCUT2D eigenvalue weighted by Gasteiger charge is 2.01. The first-order chi connectivity index (χ1) is 6.86. The zero-order chi connectivity index (χ0) is 10.2. The molecular formula is C13H22FN. The number of unbranched alkanes of at least 4 members (excludes halogenated alkanes) is 2. The summed E-state index contributed by atoms with van der Waals surface area (Å²) >= 11 is 0. The topological polar surface area (TPSA) is 3.88 Å². The predicted molar refractivity (Wildman–Crippen MR) is 60.2 cm³/mol. The van der Waals surface area contributed by atoms with Gasteiger partial charge in [0.15, 0.2) is 12.4 Å². The molecule has 2 heteroatoms. The molecule has 1 aromatic heterocycles. The van der Waals surface area contributed by atoms with Gasteiger partial charge >= 0.3 is 0 Å². The molecule has 0 atom stereocenters. The second-order valence-corrected chi connectivity index (χ2v) is 3.91. The van der Waals surface area contributed by atoms with Crippen LogP contribution >= 0.6 is 0 Å². The smallest absolute Gasteiger partial charge is 0.171 e. The molecule has 0 aliphatic rings. The van der Waals surface area contributed by atoms with E-state index in [2.05, 4.69) is 42.9 Å². The van der Waals surface area contributed by atoms with Crippen LogP contribution in [0, 0.1) is 0 Å². The third-order valence-electron chi connectivity index (χ3n) is 2.51. The lowest BCUT2D eigenvalue weighted by Gasteiger charge is -1.99. The number of hydrogen-bond donors (Lipinski definition) is 0. The molecule has 1 nitrogen and oxygen atoms in total. The summed E-state index contributed by atoms with van der Waals surface area (Å²) < 4.78 is 2.31. The van der Waals surface area contributed by atoms with Crippen LogP contribution in [0.5, 0.6) is 0 Å². The lowest BCUT2D eigenvalue weighted by Crippen LogP contribution is -3.00. The molecule has 0 amide bonds. The number of pyridine rings is 1. The minimum absolute atomic E-state index is 0. The second kappa shape index (κ2) is 8.39. The quantitative estimate of drug-likeness (QED) is 0.589. The van der Waals surface area contributed by atoms with Crippen LogP contribution in [0.4, 0.5) is 0 Å².